The zero-order valence-corrected chi connectivity index (χ0v) is 18.4. The number of fused-ring (bicyclic) bond motifs is 3. The van der Waals surface area contributed by atoms with Crippen LogP contribution in [0.1, 0.15) is 43.2 Å². The van der Waals surface area contributed by atoms with Crippen LogP contribution in [0.2, 0.25) is 0 Å². The lowest BCUT2D eigenvalue weighted by atomic mass is 9.98. The van der Waals surface area contributed by atoms with E-state index in [2.05, 4.69) is 5.32 Å². The maximum Gasteiger partial charge on any atom is 0.407 e. The van der Waals surface area contributed by atoms with Crippen LogP contribution in [0.3, 0.4) is 0 Å². The summed E-state index contributed by atoms with van der Waals surface area (Å²) in [5.74, 6) is -1.79. The van der Waals surface area contributed by atoms with Crippen LogP contribution >= 0.6 is 0 Å². The Bertz CT molecular complexity index is 1010. The molecule has 8 heteroatoms. The molecule has 4 rings (SSSR count). The number of carbonyl (C=O) groups is 3. The number of likely N-dealkylation sites (tertiary alicyclic amines) is 1. The third-order valence-electron chi connectivity index (χ3n) is 6.36. The molecule has 1 heterocycles. The number of aliphatic hydroxyl groups excluding tert-OH is 1. The van der Waals surface area contributed by atoms with E-state index in [1.165, 1.54) is 0 Å². The van der Waals surface area contributed by atoms with Crippen molar-refractivity contribution in [3.63, 3.8) is 0 Å². The van der Waals surface area contributed by atoms with Gasteiger partial charge in [-0.3, -0.25) is 4.79 Å². The summed E-state index contributed by atoms with van der Waals surface area (Å²) in [4.78, 5) is 38.3. The molecule has 2 amide bonds. The number of carboxylic acid groups (broad SMARTS) is 1. The van der Waals surface area contributed by atoms with E-state index in [0.717, 1.165) is 27.2 Å². The van der Waals surface area contributed by atoms with Crippen molar-refractivity contribution in [2.24, 2.45) is 0 Å². The number of aliphatic hydroxyl groups is 1. The van der Waals surface area contributed by atoms with Crippen LogP contribution < -0.4 is 5.32 Å². The van der Waals surface area contributed by atoms with E-state index in [-0.39, 0.29) is 25.5 Å². The van der Waals surface area contributed by atoms with Gasteiger partial charge < -0.3 is 25.2 Å². The molecule has 8 nitrogen and oxygen atoms in total. The van der Waals surface area contributed by atoms with Crippen molar-refractivity contribution in [3.8, 4) is 11.1 Å². The van der Waals surface area contributed by atoms with Gasteiger partial charge in [-0.15, -0.1) is 0 Å². The number of β-amino-alcohol motifs (C(OH)–C–C–N with tert-alkyl or cyclic N) is 1. The Morgan fingerprint density at radius 3 is 2.27 bits per heavy atom. The van der Waals surface area contributed by atoms with Crippen molar-refractivity contribution >= 4 is 18.0 Å². The highest BCUT2D eigenvalue weighted by Gasteiger charge is 2.41. The Morgan fingerprint density at radius 1 is 1.09 bits per heavy atom. The number of amides is 2. The van der Waals surface area contributed by atoms with Crippen LogP contribution in [-0.4, -0.2) is 64.4 Å². The minimum absolute atomic E-state index is 0.0230. The van der Waals surface area contributed by atoms with Crippen LogP contribution in [0.4, 0.5) is 4.79 Å². The molecule has 2 aromatic rings. The zero-order valence-electron chi connectivity index (χ0n) is 18.4. The fourth-order valence-corrected chi connectivity index (χ4v) is 4.82. The molecule has 1 aliphatic carbocycles. The number of benzene rings is 2. The first-order chi connectivity index (χ1) is 15.9. The number of hydrogen-bond donors (Lipinski definition) is 3. The van der Waals surface area contributed by atoms with E-state index in [0.29, 0.717) is 12.8 Å². The van der Waals surface area contributed by atoms with Crippen molar-refractivity contribution in [3.05, 3.63) is 59.7 Å². The largest absolute Gasteiger partial charge is 0.480 e. The topological polar surface area (TPSA) is 116 Å². The van der Waals surface area contributed by atoms with E-state index in [1.807, 2.05) is 55.5 Å². The van der Waals surface area contributed by atoms with Crippen molar-refractivity contribution in [2.75, 3.05) is 13.2 Å². The fraction of sp³-hybridized carbons (Fsp3) is 0.400. The quantitative estimate of drug-likeness (QED) is 0.595. The average Bonchev–Trinajstić information content (AvgIpc) is 3.35. The molecule has 0 aromatic heterocycles. The third kappa shape index (κ3) is 4.57. The smallest absolute Gasteiger partial charge is 0.407 e. The number of carbonyl (C=O) groups excluding carboxylic acids is 2. The van der Waals surface area contributed by atoms with E-state index in [1.54, 1.807) is 0 Å². The molecular formula is C25H28N2O6. The van der Waals surface area contributed by atoms with Gasteiger partial charge in [0.2, 0.25) is 5.91 Å². The summed E-state index contributed by atoms with van der Waals surface area (Å²) >= 11 is 0. The van der Waals surface area contributed by atoms with Crippen LogP contribution in [0, 0.1) is 0 Å². The van der Waals surface area contributed by atoms with Crippen molar-refractivity contribution in [2.45, 2.75) is 50.3 Å². The van der Waals surface area contributed by atoms with Crippen molar-refractivity contribution < 1.29 is 29.3 Å². The summed E-state index contributed by atoms with van der Waals surface area (Å²) in [6, 6.07) is 14.0. The summed E-state index contributed by atoms with van der Waals surface area (Å²) < 4.78 is 5.54. The Balaban J connectivity index is 1.43. The van der Waals surface area contributed by atoms with Crippen LogP contribution in [0.15, 0.2) is 48.5 Å². The SMILES string of the molecule is CCC[C@@H](NC(=O)OCC1c2ccccc2-c2ccccc21)C(=O)N1C[C@@H](O)C[C@H]1C(=O)O. The molecule has 1 saturated heterocycles. The monoisotopic (exact) mass is 452 g/mol. The number of aliphatic carboxylic acids is 1. The van der Waals surface area contributed by atoms with E-state index in [9.17, 15) is 24.6 Å². The molecule has 1 aliphatic heterocycles. The molecule has 1 fully saturated rings. The minimum atomic E-state index is -1.17. The number of alkyl carbamates (subject to hydrolysis) is 1. The Morgan fingerprint density at radius 2 is 1.70 bits per heavy atom. The molecule has 3 N–H and O–H groups in total. The van der Waals surface area contributed by atoms with Crippen LogP contribution in [-0.2, 0) is 14.3 Å². The number of carboxylic acids is 1. The predicted molar refractivity (Wildman–Crippen MR) is 121 cm³/mol. The lowest BCUT2D eigenvalue weighted by molar-refractivity contribution is -0.149. The Kier molecular flexibility index (Phi) is 6.65. The number of ether oxygens (including phenoxy) is 1. The molecule has 0 spiro atoms. The van der Waals surface area contributed by atoms with Gasteiger partial charge in [-0.1, -0.05) is 61.9 Å². The van der Waals surface area contributed by atoms with Crippen molar-refractivity contribution in [1.29, 1.82) is 0 Å². The average molecular weight is 453 g/mol. The van der Waals surface area contributed by atoms with Gasteiger partial charge in [0.25, 0.3) is 0 Å². The number of nitrogens with one attached hydrogen (secondary N) is 1. The van der Waals surface area contributed by atoms with Gasteiger partial charge >= 0.3 is 12.1 Å². The van der Waals surface area contributed by atoms with Gasteiger partial charge in [-0.05, 0) is 28.7 Å². The Labute approximate surface area is 192 Å². The van der Waals surface area contributed by atoms with Crippen LogP contribution in [0.5, 0.6) is 0 Å². The lowest BCUT2D eigenvalue weighted by Gasteiger charge is -2.27. The second-order valence-corrected chi connectivity index (χ2v) is 8.55. The standard InChI is InChI=1S/C25H28N2O6/c1-2-7-21(23(29)27-13-15(28)12-22(27)24(30)31)26-25(32)33-14-20-18-10-5-3-8-16(18)17-9-4-6-11-19(17)20/h3-6,8-11,15,20-22,28H,2,7,12-14H2,1H3,(H,26,32)(H,30,31)/t15-,21+,22-/m0/s1. The summed E-state index contributed by atoms with van der Waals surface area (Å²) in [5.41, 5.74) is 4.41. The lowest BCUT2D eigenvalue weighted by Crippen LogP contribution is -2.52. The Hall–Kier alpha value is -3.39. The molecule has 0 bridgehead atoms. The first-order valence-corrected chi connectivity index (χ1v) is 11.2. The molecule has 2 aliphatic rings. The summed E-state index contributed by atoms with van der Waals surface area (Å²) in [6.45, 7) is 1.92. The predicted octanol–water partition coefficient (Wildman–Crippen LogP) is 2.74. The van der Waals surface area contributed by atoms with Gasteiger partial charge in [0, 0.05) is 18.9 Å². The zero-order chi connectivity index (χ0) is 23.5. The normalized spacial score (nSPS) is 20.1. The highest BCUT2D eigenvalue weighted by Crippen LogP contribution is 2.44. The van der Waals surface area contributed by atoms with Gasteiger partial charge in [-0.25, -0.2) is 9.59 Å². The number of hydrogen-bond acceptors (Lipinski definition) is 5. The van der Waals surface area contributed by atoms with E-state index < -0.39 is 36.2 Å². The minimum Gasteiger partial charge on any atom is -0.480 e. The first kappa shape index (κ1) is 22.8. The second-order valence-electron chi connectivity index (χ2n) is 8.55. The summed E-state index contributed by atoms with van der Waals surface area (Å²) in [7, 11) is 0. The van der Waals surface area contributed by atoms with E-state index in [4.69, 9.17) is 4.74 Å². The molecule has 0 radical (unpaired) electrons. The van der Waals surface area contributed by atoms with Gasteiger partial charge in [0.1, 0.15) is 18.7 Å². The fourth-order valence-electron chi connectivity index (χ4n) is 4.82. The molecular weight excluding hydrogens is 424 g/mol. The summed E-state index contributed by atoms with van der Waals surface area (Å²) in [6.07, 6.45) is -0.705. The maximum absolute atomic E-state index is 13.0. The molecule has 0 unspecified atom stereocenters. The molecule has 174 valence electrons. The molecule has 0 saturated carbocycles. The maximum atomic E-state index is 13.0. The van der Waals surface area contributed by atoms with Crippen molar-refractivity contribution in [1.82, 2.24) is 10.2 Å². The number of nitrogens with zero attached hydrogens (tertiary/aromatic N) is 1. The first-order valence-electron chi connectivity index (χ1n) is 11.2. The highest BCUT2D eigenvalue weighted by atomic mass is 16.5. The molecule has 3 atom stereocenters. The second kappa shape index (κ2) is 9.62. The molecule has 2 aromatic carbocycles. The van der Waals surface area contributed by atoms with Gasteiger partial charge in [0.15, 0.2) is 0 Å². The number of rotatable bonds is 7. The molecule has 33 heavy (non-hydrogen) atoms. The van der Waals surface area contributed by atoms with E-state index >= 15 is 0 Å². The van der Waals surface area contributed by atoms with Crippen LogP contribution in [0.25, 0.3) is 11.1 Å². The van der Waals surface area contributed by atoms with Gasteiger partial charge in [-0.2, -0.15) is 0 Å². The summed E-state index contributed by atoms with van der Waals surface area (Å²) in [5, 5.41) is 21.9. The third-order valence-corrected chi connectivity index (χ3v) is 6.36. The van der Waals surface area contributed by atoms with Gasteiger partial charge in [0.05, 0.1) is 6.10 Å². The highest BCUT2D eigenvalue weighted by molar-refractivity contribution is 5.90.